The van der Waals surface area contributed by atoms with Crippen molar-refractivity contribution in [2.45, 2.75) is 32.9 Å². The maximum absolute atomic E-state index is 12.8. The largest absolute Gasteiger partial charge is 0.451 e. The van der Waals surface area contributed by atoms with E-state index in [1.165, 1.54) is 6.07 Å². The Kier molecular flexibility index (Phi) is 4.55. The summed E-state index contributed by atoms with van der Waals surface area (Å²) in [5, 5.41) is 0. The van der Waals surface area contributed by atoms with Crippen LogP contribution < -0.4 is 16.2 Å². The predicted molar refractivity (Wildman–Crippen MR) is 74.6 cm³/mol. The van der Waals surface area contributed by atoms with Crippen LogP contribution in [-0.2, 0) is 6.18 Å². The molecular formula is C13H20F3N5. The highest BCUT2D eigenvalue weighted by molar-refractivity contribution is 5.49. The molecular weight excluding hydrogens is 283 g/mol. The summed E-state index contributed by atoms with van der Waals surface area (Å²) in [6.45, 7) is 5.73. The van der Waals surface area contributed by atoms with Gasteiger partial charge < -0.3 is 10.3 Å². The highest BCUT2D eigenvalue weighted by atomic mass is 19.4. The standard InChI is InChI=1S/C13H20F3N5/c1-8(2)9-3-5-21(6-4-9)11-7-10(20-17)18-12(19-11)13(14,15)16/h7-9H,3-6,17H2,1-2H3,(H,18,19,20). The molecule has 0 spiro atoms. The molecule has 1 saturated heterocycles. The van der Waals surface area contributed by atoms with Crippen molar-refractivity contribution in [3.63, 3.8) is 0 Å². The van der Waals surface area contributed by atoms with Crippen molar-refractivity contribution in [2.75, 3.05) is 23.4 Å². The lowest BCUT2D eigenvalue weighted by Gasteiger charge is -2.34. The van der Waals surface area contributed by atoms with Gasteiger partial charge in [0.15, 0.2) is 0 Å². The molecule has 118 valence electrons. The summed E-state index contributed by atoms with van der Waals surface area (Å²) >= 11 is 0. The van der Waals surface area contributed by atoms with Gasteiger partial charge in [-0.05, 0) is 24.7 Å². The van der Waals surface area contributed by atoms with Crippen LogP contribution in [0.25, 0.3) is 0 Å². The molecule has 0 radical (unpaired) electrons. The van der Waals surface area contributed by atoms with Crippen molar-refractivity contribution in [3.05, 3.63) is 11.9 Å². The zero-order valence-corrected chi connectivity index (χ0v) is 12.1. The summed E-state index contributed by atoms with van der Waals surface area (Å²) in [6, 6.07) is 1.45. The van der Waals surface area contributed by atoms with Gasteiger partial charge in [-0.1, -0.05) is 13.8 Å². The molecule has 1 aromatic heterocycles. The molecule has 0 aliphatic carbocycles. The van der Waals surface area contributed by atoms with Crippen molar-refractivity contribution in [3.8, 4) is 0 Å². The fourth-order valence-electron chi connectivity index (χ4n) is 2.59. The molecule has 5 nitrogen and oxygen atoms in total. The Balaban J connectivity index is 2.20. The Morgan fingerprint density at radius 1 is 1.29 bits per heavy atom. The molecule has 1 aliphatic heterocycles. The number of nitrogens with two attached hydrogens (primary N) is 1. The number of hydrogen-bond donors (Lipinski definition) is 2. The van der Waals surface area contributed by atoms with E-state index in [0.717, 1.165) is 12.8 Å². The van der Waals surface area contributed by atoms with Gasteiger partial charge in [-0.3, -0.25) is 0 Å². The number of piperidine rings is 1. The van der Waals surface area contributed by atoms with E-state index >= 15 is 0 Å². The zero-order chi connectivity index (χ0) is 15.6. The van der Waals surface area contributed by atoms with Gasteiger partial charge in [0.05, 0.1) is 0 Å². The lowest BCUT2D eigenvalue weighted by Crippen LogP contribution is -2.36. The first-order chi connectivity index (χ1) is 9.81. The van der Waals surface area contributed by atoms with Gasteiger partial charge in [-0.15, -0.1) is 0 Å². The summed E-state index contributed by atoms with van der Waals surface area (Å²) in [7, 11) is 0. The molecule has 1 fully saturated rings. The second-order valence-electron chi connectivity index (χ2n) is 5.65. The van der Waals surface area contributed by atoms with Gasteiger partial charge in [0, 0.05) is 19.2 Å². The molecule has 3 N–H and O–H groups in total. The Hall–Kier alpha value is -1.57. The Bertz CT molecular complexity index is 481. The number of rotatable bonds is 3. The van der Waals surface area contributed by atoms with Gasteiger partial charge in [0.25, 0.3) is 0 Å². The minimum Gasteiger partial charge on any atom is -0.356 e. The number of nitrogens with one attached hydrogen (secondary N) is 1. The van der Waals surface area contributed by atoms with E-state index in [1.807, 2.05) is 4.90 Å². The molecule has 1 aromatic rings. The predicted octanol–water partition coefficient (Wildman–Crippen LogP) is 2.65. The number of alkyl halides is 3. The van der Waals surface area contributed by atoms with Gasteiger partial charge in [-0.2, -0.15) is 13.2 Å². The van der Waals surface area contributed by atoms with Crippen LogP contribution in [0.3, 0.4) is 0 Å². The minimum absolute atomic E-state index is 0.0293. The number of nitrogens with zero attached hydrogens (tertiary/aromatic N) is 3. The van der Waals surface area contributed by atoms with Crippen molar-refractivity contribution < 1.29 is 13.2 Å². The van der Waals surface area contributed by atoms with Crippen LogP contribution in [0, 0.1) is 11.8 Å². The summed E-state index contributed by atoms with van der Waals surface area (Å²) < 4.78 is 38.4. The van der Waals surface area contributed by atoms with E-state index in [2.05, 4.69) is 29.2 Å². The van der Waals surface area contributed by atoms with E-state index in [1.54, 1.807) is 0 Å². The quantitative estimate of drug-likeness (QED) is 0.664. The third kappa shape index (κ3) is 3.75. The average molecular weight is 303 g/mol. The third-order valence-corrected chi connectivity index (χ3v) is 3.92. The van der Waals surface area contributed by atoms with Crippen LogP contribution in [0.5, 0.6) is 0 Å². The monoisotopic (exact) mass is 303 g/mol. The highest BCUT2D eigenvalue weighted by Gasteiger charge is 2.36. The second-order valence-corrected chi connectivity index (χ2v) is 5.65. The number of anilines is 2. The Labute approximate surface area is 121 Å². The molecule has 8 heteroatoms. The smallest absolute Gasteiger partial charge is 0.356 e. The average Bonchev–Trinajstić information content (AvgIpc) is 2.46. The van der Waals surface area contributed by atoms with Crippen molar-refractivity contribution >= 4 is 11.6 Å². The first-order valence-corrected chi connectivity index (χ1v) is 6.99. The third-order valence-electron chi connectivity index (χ3n) is 3.92. The molecule has 0 amide bonds. The molecule has 0 bridgehead atoms. The number of halogens is 3. The molecule has 0 aromatic carbocycles. The minimum atomic E-state index is -4.59. The topological polar surface area (TPSA) is 67.1 Å². The van der Waals surface area contributed by atoms with Gasteiger partial charge in [0.1, 0.15) is 11.6 Å². The molecule has 0 saturated carbocycles. The van der Waals surface area contributed by atoms with Crippen LogP contribution in [0.2, 0.25) is 0 Å². The van der Waals surface area contributed by atoms with Crippen LogP contribution >= 0.6 is 0 Å². The highest BCUT2D eigenvalue weighted by Crippen LogP contribution is 2.31. The van der Waals surface area contributed by atoms with Crippen LogP contribution in [0.4, 0.5) is 24.8 Å². The SMILES string of the molecule is CC(C)C1CCN(c2cc(NN)nc(C(F)(F)F)n2)CC1. The van der Waals surface area contributed by atoms with Crippen LogP contribution in [-0.4, -0.2) is 23.1 Å². The summed E-state index contributed by atoms with van der Waals surface area (Å²) in [5.74, 6) is 5.47. The Morgan fingerprint density at radius 2 is 1.90 bits per heavy atom. The lowest BCUT2D eigenvalue weighted by molar-refractivity contribution is -0.144. The van der Waals surface area contributed by atoms with E-state index in [-0.39, 0.29) is 11.6 Å². The Morgan fingerprint density at radius 3 is 2.38 bits per heavy atom. The van der Waals surface area contributed by atoms with Gasteiger partial charge in [-0.25, -0.2) is 15.8 Å². The number of nitrogen functional groups attached to an aromatic ring is 1. The fraction of sp³-hybridized carbons (Fsp3) is 0.692. The van der Waals surface area contributed by atoms with Crippen molar-refractivity contribution in [1.29, 1.82) is 0 Å². The zero-order valence-electron chi connectivity index (χ0n) is 12.1. The number of aromatic nitrogens is 2. The van der Waals surface area contributed by atoms with Crippen molar-refractivity contribution in [1.82, 2.24) is 9.97 Å². The number of hydrogen-bond acceptors (Lipinski definition) is 5. The normalized spacial score (nSPS) is 17.4. The summed E-state index contributed by atoms with van der Waals surface area (Å²) in [4.78, 5) is 8.86. The van der Waals surface area contributed by atoms with Crippen molar-refractivity contribution in [2.24, 2.45) is 17.7 Å². The van der Waals surface area contributed by atoms with Crippen LogP contribution in [0.15, 0.2) is 6.07 Å². The number of hydrazine groups is 1. The summed E-state index contributed by atoms with van der Waals surface area (Å²) in [5.41, 5.74) is 2.17. The van der Waals surface area contributed by atoms with Crippen LogP contribution in [0.1, 0.15) is 32.5 Å². The molecule has 0 unspecified atom stereocenters. The molecule has 2 rings (SSSR count). The van der Waals surface area contributed by atoms with E-state index < -0.39 is 12.0 Å². The molecule has 0 atom stereocenters. The van der Waals surface area contributed by atoms with E-state index in [4.69, 9.17) is 5.84 Å². The fourth-order valence-corrected chi connectivity index (χ4v) is 2.59. The second kappa shape index (κ2) is 6.05. The first-order valence-electron chi connectivity index (χ1n) is 6.99. The lowest BCUT2D eigenvalue weighted by atomic mass is 9.87. The summed E-state index contributed by atoms with van der Waals surface area (Å²) in [6.07, 6.45) is -2.68. The van der Waals surface area contributed by atoms with Gasteiger partial charge in [0.2, 0.25) is 5.82 Å². The molecule has 1 aliphatic rings. The molecule has 2 heterocycles. The van der Waals surface area contributed by atoms with E-state index in [9.17, 15) is 13.2 Å². The van der Waals surface area contributed by atoms with Gasteiger partial charge >= 0.3 is 6.18 Å². The first kappa shape index (κ1) is 15.8. The van der Waals surface area contributed by atoms with E-state index in [0.29, 0.717) is 24.9 Å². The maximum atomic E-state index is 12.8. The molecule has 21 heavy (non-hydrogen) atoms. The maximum Gasteiger partial charge on any atom is 0.451 e.